The second-order valence-corrected chi connectivity index (χ2v) is 5.62. The Balaban J connectivity index is 2.04. The standard InChI is InChI=1S/C11H12F3N3O3S/c12-11(13,14)5-17(4-8(18)19)10(20)16-9-15-6-2-1-3-7(6)21-9/h1-5H2,(H,18,19)(H,15,16,20). The van der Waals surface area contributed by atoms with Gasteiger partial charge in [-0.3, -0.25) is 10.1 Å². The summed E-state index contributed by atoms with van der Waals surface area (Å²) >= 11 is 1.21. The Morgan fingerprint density at radius 1 is 1.38 bits per heavy atom. The minimum atomic E-state index is -4.67. The Kier molecular flexibility index (Phi) is 4.35. The summed E-state index contributed by atoms with van der Waals surface area (Å²) in [4.78, 5) is 27.6. The van der Waals surface area contributed by atoms with Crippen molar-refractivity contribution in [2.45, 2.75) is 25.4 Å². The maximum Gasteiger partial charge on any atom is 0.406 e. The molecule has 0 bridgehead atoms. The number of alkyl halides is 3. The quantitative estimate of drug-likeness (QED) is 0.889. The smallest absolute Gasteiger partial charge is 0.406 e. The lowest BCUT2D eigenvalue weighted by Gasteiger charge is -2.21. The van der Waals surface area contributed by atoms with Crippen LogP contribution < -0.4 is 5.32 Å². The van der Waals surface area contributed by atoms with Crippen molar-refractivity contribution >= 4 is 28.5 Å². The van der Waals surface area contributed by atoms with E-state index in [1.54, 1.807) is 0 Å². The normalized spacial score (nSPS) is 13.9. The number of aliphatic carboxylic acids is 1. The van der Waals surface area contributed by atoms with Crippen molar-refractivity contribution in [3.63, 3.8) is 0 Å². The first-order valence-corrected chi connectivity index (χ1v) is 6.89. The second-order valence-electron chi connectivity index (χ2n) is 4.54. The number of anilines is 1. The molecule has 1 aromatic heterocycles. The number of carboxylic acids is 1. The molecule has 0 saturated heterocycles. The molecule has 1 aromatic rings. The number of aromatic nitrogens is 1. The lowest BCUT2D eigenvalue weighted by molar-refractivity contribution is -0.148. The fourth-order valence-corrected chi connectivity index (χ4v) is 3.03. The van der Waals surface area contributed by atoms with Gasteiger partial charge in [-0.25, -0.2) is 9.78 Å². The van der Waals surface area contributed by atoms with E-state index in [-0.39, 0.29) is 10.0 Å². The molecule has 0 unspecified atom stereocenters. The number of hydrogen-bond donors (Lipinski definition) is 2. The third kappa shape index (κ3) is 4.31. The molecule has 0 spiro atoms. The van der Waals surface area contributed by atoms with Crippen LogP contribution in [0.4, 0.5) is 23.1 Å². The first-order chi connectivity index (χ1) is 9.74. The molecule has 0 aliphatic heterocycles. The number of thiazole rings is 1. The van der Waals surface area contributed by atoms with E-state index in [1.807, 2.05) is 0 Å². The molecule has 6 nitrogen and oxygen atoms in total. The highest BCUT2D eigenvalue weighted by molar-refractivity contribution is 7.15. The number of nitrogens with one attached hydrogen (secondary N) is 1. The molecular formula is C11H12F3N3O3S. The van der Waals surface area contributed by atoms with E-state index < -0.39 is 31.3 Å². The SMILES string of the molecule is O=C(O)CN(CC(F)(F)F)C(=O)Nc1nc2c(s1)CCC2. The van der Waals surface area contributed by atoms with Gasteiger partial charge in [0.05, 0.1) is 5.69 Å². The summed E-state index contributed by atoms with van der Waals surface area (Å²) in [5.74, 6) is -1.52. The number of rotatable bonds is 4. The third-order valence-corrected chi connectivity index (χ3v) is 3.87. The molecule has 1 aliphatic rings. The van der Waals surface area contributed by atoms with Gasteiger partial charge in [0.25, 0.3) is 0 Å². The van der Waals surface area contributed by atoms with E-state index in [0.717, 1.165) is 29.8 Å². The number of hydrogen-bond acceptors (Lipinski definition) is 4. The number of carbonyl (C=O) groups is 2. The average Bonchev–Trinajstić information content (AvgIpc) is 2.85. The summed E-state index contributed by atoms with van der Waals surface area (Å²) in [6, 6.07) is -1.12. The average molecular weight is 323 g/mol. The zero-order valence-corrected chi connectivity index (χ0v) is 11.6. The Morgan fingerprint density at radius 2 is 2.10 bits per heavy atom. The lowest BCUT2D eigenvalue weighted by atomic mass is 10.4. The van der Waals surface area contributed by atoms with Crippen LogP contribution in [0.25, 0.3) is 0 Å². The van der Waals surface area contributed by atoms with Crippen molar-refractivity contribution in [1.29, 1.82) is 0 Å². The van der Waals surface area contributed by atoms with Gasteiger partial charge in [-0.1, -0.05) is 0 Å². The van der Waals surface area contributed by atoms with E-state index in [1.165, 1.54) is 11.3 Å². The van der Waals surface area contributed by atoms with Crippen LogP contribution in [0.1, 0.15) is 17.0 Å². The molecular weight excluding hydrogens is 311 g/mol. The van der Waals surface area contributed by atoms with E-state index in [0.29, 0.717) is 0 Å². The van der Waals surface area contributed by atoms with Crippen LogP contribution in [0, 0.1) is 0 Å². The summed E-state index contributed by atoms with van der Waals surface area (Å²) in [7, 11) is 0. The van der Waals surface area contributed by atoms with Crippen LogP contribution in [0.15, 0.2) is 0 Å². The Hall–Kier alpha value is -1.84. The van der Waals surface area contributed by atoms with Crippen LogP contribution in [-0.2, 0) is 17.6 Å². The van der Waals surface area contributed by atoms with Gasteiger partial charge >= 0.3 is 18.2 Å². The van der Waals surface area contributed by atoms with Gasteiger partial charge in [0, 0.05) is 4.88 Å². The van der Waals surface area contributed by atoms with Crippen LogP contribution in [-0.4, -0.2) is 46.3 Å². The predicted molar refractivity (Wildman–Crippen MR) is 68.4 cm³/mol. The summed E-state index contributed by atoms with van der Waals surface area (Å²) in [5, 5.41) is 11.0. The van der Waals surface area contributed by atoms with Crippen LogP contribution in [0.5, 0.6) is 0 Å². The topological polar surface area (TPSA) is 82.5 Å². The van der Waals surface area contributed by atoms with Gasteiger partial charge in [-0.2, -0.15) is 13.2 Å². The molecule has 2 amide bonds. The second kappa shape index (κ2) is 5.88. The number of urea groups is 1. The van der Waals surface area contributed by atoms with Gasteiger partial charge < -0.3 is 10.0 Å². The molecule has 1 aliphatic carbocycles. The van der Waals surface area contributed by atoms with Crippen LogP contribution in [0.3, 0.4) is 0 Å². The molecule has 116 valence electrons. The highest BCUT2D eigenvalue weighted by Crippen LogP contribution is 2.30. The number of nitrogens with zero attached hydrogens (tertiary/aromatic N) is 2. The van der Waals surface area contributed by atoms with E-state index in [4.69, 9.17) is 5.11 Å². The summed E-state index contributed by atoms with van der Waals surface area (Å²) in [6.45, 7) is -2.66. The predicted octanol–water partition coefficient (Wildman–Crippen LogP) is 2.11. The van der Waals surface area contributed by atoms with Gasteiger partial charge in [-0.15, -0.1) is 11.3 Å². The maximum atomic E-state index is 12.4. The number of fused-ring (bicyclic) bond motifs is 1. The van der Waals surface area contributed by atoms with Gasteiger partial charge in [0.2, 0.25) is 0 Å². The number of aryl methyl sites for hydroxylation is 2. The monoisotopic (exact) mass is 323 g/mol. The van der Waals surface area contributed by atoms with Crippen molar-refractivity contribution in [2.24, 2.45) is 0 Å². The minimum Gasteiger partial charge on any atom is -0.480 e. The molecule has 2 rings (SSSR count). The zero-order valence-electron chi connectivity index (χ0n) is 10.7. The largest absolute Gasteiger partial charge is 0.480 e. The van der Waals surface area contributed by atoms with Gasteiger partial charge in [0.15, 0.2) is 5.13 Å². The molecule has 2 N–H and O–H groups in total. The zero-order chi connectivity index (χ0) is 15.6. The number of carbonyl (C=O) groups excluding carboxylic acids is 1. The minimum absolute atomic E-state index is 0.189. The van der Waals surface area contributed by atoms with Crippen molar-refractivity contribution in [1.82, 2.24) is 9.88 Å². The van der Waals surface area contributed by atoms with Crippen molar-refractivity contribution in [3.05, 3.63) is 10.6 Å². The molecule has 21 heavy (non-hydrogen) atoms. The lowest BCUT2D eigenvalue weighted by Crippen LogP contribution is -2.44. The first kappa shape index (κ1) is 15.5. The molecule has 0 atom stereocenters. The summed E-state index contributed by atoms with van der Waals surface area (Å²) in [6.07, 6.45) is -2.08. The Morgan fingerprint density at radius 3 is 2.67 bits per heavy atom. The fourth-order valence-electron chi connectivity index (χ4n) is 1.99. The number of halogens is 3. The van der Waals surface area contributed by atoms with E-state index in [2.05, 4.69) is 10.3 Å². The van der Waals surface area contributed by atoms with Crippen molar-refractivity contribution < 1.29 is 27.9 Å². The van der Waals surface area contributed by atoms with Gasteiger partial charge in [0.1, 0.15) is 13.1 Å². The first-order valence-electron chi connectivity index (χ1n) is 6.07. The van der Waals surface area contributed by atoms with Crippen molar-refractivity contribution in [3.8, 4) is 0 Å². The molecule has 0 aromatic carbocycles. The summed E-state index contributed by atoms with van der Waals surface area (Å²) < 4.78 is 37.1. The highest BCUT2D eigenvalue weighted by atomic mass is 32.1. The maximum absolute atomic E-state index is 12.4. The molecule has 1 heterocycles. The molecule has 10 heteroatoms. The number of carboxylic acid groups (broad SMARTS) is 1. The Labute approximate surface area is 121 Å². The molecule has 0 fully saturated rings. The third-order valence-electron chi connectivity index (χ3n) is 2.79. The summed E-state index contributed by atoms with van der Waals surface area (Å²) in [5.41, 5.74) is 0.843. The Bertz CT molecular complexity index is 537. The van der Waals surface area contributed by atoms with E-state index >= 15 is 0 Å². The molecule has 0 radical (unpaired) electrons. The van der Waals surface area contributed by atoms with Crippen LogP contribution in [0.2, 0.25) is 0 Å². The molecule has 0 saturated carbocycles. The van der Waals surface area contributed by atoms with E-state index in [9.17, 15) is 22.8 Å². The van der Waals surface area contributed by atoms with Crippen LogP contribution >= 0.6 is 11.3 Å². The number of amides is 2. The van der Waals surface area contributed by atoms with Crippen molar-refractivity contribution in [2.75, 3.05) is 18.4 Å². The fraction of sp³-hybridized carbons (Fsp3) is 0.545. The highest BCUT2D eigenvalue weighted by Gasteiger charge is 2.34. The van der Waals surface area contributed by atoms with Gasteiger partial charge in [-0.05, 0) is 19.3 Å².